The van der Waals surface area contributed by atoms with E-state index in [4.69, 9.17) is 4.74 Å². The van der Waals surface area contributed by atoms with Gasteiger partial charge in [-0.25, -0.2) is 0 Å². The third-order valence-electron chi connectivity index (χ3n) is 5.41. The molecule has 26 heavy (non-hydrogen) atoms. The van der Waals surface area contributed by atoms with Gasteiger partial charge in [-0.2, -0.15) is 0 Å². The average Bonchev–Trinajstić information content (AvgIpc) is 2.71. The molecule has 2 fully saturated rings. The SMILES string of the molecule is COc1ccc(N2CCN(CN3C(=O)CC3c3ccccc3)CC2)cc1. The third kappa shape index (κ3) is 3.40. The van der Waals surface area contributed by atoms with Crippen molar-refractivity contribution >= 4 is 11.6 Å². The number of carbonyl (C=O) groups excluding carboxylic acids is 1. The first-order chi connectivity index (χ1) is 12.7. The highest BCUT2D eigenvalue weighted by molar-refractivity contribution is 5.83. The van der Waals surface area contributed by atoms with Crippen molar-refractivity contribution in [2.45, 2.75) is 12.5 Å². The quantitative estimate of drug-likeness (QED) is 0.776. The summed E-state index contributed by atoms with van der Waals surface area (Å²) < 4.78 is 5.23. The topological polar surface area (TPSA) is 36.0 Å². The fourth-order valence-corrected chi connectivity index (χ4v) is 3.76. The first kappa shape index (κ1) is 16.9. The second-order valence-electron chi connectivity index (χ2n) is 6.94. The molecule has 1 atom stereocenters. The van der Waals surface area contributed by atoms with Gasteiger partial charge in [-0.05, 0) is 29.8 Å². The predicted molar refractivity (Wildman–Crippen MR) is 102 cm³/mol. The molecule has 1 amide bonds. The molecule has 0 N–H and O–H groups in total. The van der Waals surface area contributed by atoms with Gasteiger partial charge in [0.15, 0.2) is 0 Å². The van der Waals surface area contributed by atoms with Crippen LogP contribution in [0.2, 0.25) is 0 Å². The van der Waals surface area contributed by atoms with Crippen LogP contribution in [0.3, 0.4) is 0 Å². The van der Waals surface area contributed by atoms with Gasteiger partial charge in [0.1, 0.15) is 5.75 Å². The van der Waals surface area contributed by atoms with Crippen LogP contribution in [0.15, 0.2) is 54.6 Å². The number of rotatable bonds is 5. The first-order valence-electron chi connectivity index (χ1n) is 9.20. The molecule has 0 radical (unpaired) electrons. The summed E-state index contributed by atoms with van der Waals surface area (Å²) >= 11 is 0. The molecule has 2 saturated heterocycles. The summed E-state index contributed by atoms with van der Waals surface area (Å²) in [6.07, 6.45) is 0.635. The standard InChI is InChI=1S/C21H25N3O2/c1-26-19-9-7-18(8-10-19)23-13-11-22(12-14-23)16-24-20(15-21(24)25)17-5-3-2-4-6-17/h2-10,20H,11-16H2,1H3. The highest BCUT2D eigenvalue weighted by atomic mass is 16.5. The number of methoxy groups -OCH3 is 1. The molecular weight excluding hydrogens is 326 g/mol. The molecule has 2 aliphatic heterocycles. The van der Waals surface area contributed by atoms with E-state index < -0.39 is 0 Å². The Morgan fingerprint density at radius 3 is 2.27 bits per heavy atom. The number of likely N-dealkylation sites (tertiary alicyclic amines) is 1. The summed E-state index contributed by atoms with van der Waals surface area (Å²) in [5.74, 6) is 1.15. The molecular formula is C21H25N3O2. The molecule has 2 aliphatic rings. The van der Waals surface area contributed by atoms with Gasteiger partial charge in [-0.1, -0.05) is 30.3 Å². The maximum Gasteiger partial charge on any atom is 0.226 e. The van der Waals surface area contributed by atoms with E-state index in [1.807, 2.05) is 35.2 Å². The minimum atomic E-state index is 0.239. The zero-order valence-corrected chi connectivity index (χ0v) is 15.2. The van der Waals surface area contributed by atoms with Gasteiger partial charge < -0.3 is 14.5 Å². The Kier molecular flexibility index (Phi) is 4.80. The van der Waals surface area contributed by atoms with Gasteiger partial charge in [-0.15, -0.1) is 0 Å². The zero-order valence-electron chi connectivity index (χ0n) is 15.2. The largest absolute Gasteiger partial charge is 0.497 e. The number of hydrogen-bond donors (Lipinski definition) is 0. The molecule has 2 aromatic rings. The summed E-state index contributed by atoms with van der Waals surface area (Å²) in [6.45, 7) is 4.62. The lowest BCUT2D eigenvalue weighted by Crippen LogP contribution is -2.55. The number of nitrogens with zero attached hydrogens (tertiary/aromatic N) is 3. The summed E-state index contributed by atoms with van der Waals surface area (Å²) in [6, 6.07) is 18.8. The Balaban J connectivity index is 1.32. The van der Waals surface area contributed by atoms with Crippen molar-refractivity contribution in [3.63, 3.8) is 0 Å². The molecule has 4 rings (SSSR count). The Hall–Kier alpha value is -2.53. The molecule has 1 unspecified atom stereocenters. The maximum absolute atomic E-state index is 12.1. The Labute approximate surface area is 154 Å². The molecule has 0 saturated carbocycles. The van der Waals surface area contributed by atoms with Crippen molar-refractivity contribution < 1.29 is 9.53 Å². The number of carbonyl (C=O) groups is 1. The van der Waals surface area contributed by atoms with E-state index in [2.05, 4.69) is 34.1 Å². The van der Waals surface area contributed by atoms with Crippen LogP contribution in [0.25, 0.3) is 0 Å². The molecule has 2 aromatic carbocycles. The zero-order chi connectivity index (χ0) is 17.9. The van der Waals surface area contributed by atoms with Crippen molar-refractivity contribution in [1.29, 1.82) is 0 Å². The summed E-state index contributed by atoms with van der Waals surface area (Å²) in [5.41, 5.74) is 2.47. The van der Waals surface area contributed by atoms with Crippen LogP contribution in [0.4, 0.5) is 5.69 Å². The van der Waals surface area contributed by atoms with E-state index in [1.54, 1.807) is 7.11 Å². The van der Waals surface area contributed by atoms with Crippen LogP contribution in [0.1, 0.15) is 18.0 Å². The van der Waals surface area contributed by atoms with Crippen LogP contribution in [0, 0.1) is 0 Å². The van der Waals surface area contributed by atoms with E-state index in [9.17, 15) is 4.79 Å². The van der Waals surface area contributed by atoms with Gasteiger partial charge in [0.05, 0.1) is 26.2 Å². The minimum absolute atomic E-state index is 0.239. The van der Waals surface area contributed by atoms with Gasteiger partial charge in [0, 0.05) is 31.9 Å². The Morgan fingerprint density at radius 1 is 0.962 bits per heavy atom. The van der Waals surface area contributed by atoms with Crippen LogP contribution >= 0.6 is 0 Å². The molecule has 0 bridgehead atoms. The van der Waals surface area contributed by atoms with Crippen LogP contribution in [0.5, 0.6) is 5.75 Å². The van der Waals surface area contributed by atoms with Crippen LogP contribution < -0.4 is 9.64 Å². The van der Waals surface area contributed by atoms with Crippen LogP contribution in [-0.4, -0.2) is 55.7 Å². The van der Waals surface area contributed by atoms with Crippen molar-refractivity contribution in [1.82, 2.24) is 9.80 Å². The lowest BCUT2D eigenvalue weighted by atomic mass is 9.94. The maximum atomic E-state index is 12.1. The van der Waals surface area contributed by atoms with E-state index in [0.717, 1.165) is 38.6 Å². The molecule has 5 heteroatoms. The minimum Gasteiger partial charge on any atom is -0.497 e. The molecule has 0 spiro atoms. The summed E-state index contributed by atoms with van der Waals surface area (Å²) in [4.78, 5) is 18.9. The summed E-state index contributed by atoms with van der Waals surface area (Å²) in [7, 11) is 1.69. The lowest BCUT2D eigenvalue weighted by molar-refractivity contribution is -0.150. The number of hydrogen-bond acceptors (Lipinski definition) is 4. The predicted octanol–water partition coefficient (Wildman–Crippen LogP) is 2.75. The highest BCUT2D eigenvalue weighted by Crippen LogP contribution is 2.34. The van der Waals surface area contributed by atoms with Crippen molar-refractivity contribution in [3.05, 3.63) is 60.2 Å². The van der Waals surface area contributed by atoms with Gasteiger partial charge >= 0.3 is 0 Å². The van der Waals surface area contributed by atoms with E-state index in [1.165, 1.54) is 11.3 Å². The van der Waals surface area contributed by atoms with E-state index in [-0.39, 0.29) is 11.9 Å². The van der Waals surface area contributed by atoms with Crippen molar-refractivity contribution in [2.24, 2.45) is 0 Å². The second kappa shape index (κ2) is 7.38. The van der Waals surface area contributed by atoms with E-state index >= 15 is 0 Å². The smallest absolute Gasteiger partial charge is 0.226 e. The fraction of sp³-hybridized carbons (Fsp3) is 0.381. The lowest BCUT2D eigenvalue weighted by Gasteiger charge is -2.45. The Bertz CT molecular complexity index is 740. The fourth-order valence-electron chi connectivity index (χ4n) is 3.76. The second-order valence-corrected chi connectivity index (χ2v) is 6.94. The normalized spacial score (nSPS) is 20.8. The number of anilines is 1. The van der Waals surface area contributed by atoms with Gasteiger partial charge in [0.25, 0.3) is 0 Å². The van der Waals surface area contributed by atoms with Crippen molar-refractivity contribution in [3.8, 4) is 5.75 Å². The average molecular weight is 351 g/mol. The monoisotopic (exact) mass is 351 g/mol. The first-order valence-corrected chi connectivity index (χ1v) is 9.20. The van der Waals surface area contributed by atoms with Crippen LogP contribution in [-0.2, 0) is 4.79 Å². The van der Waals surface area contributed by atoms with Gasteiger partial charge in [0.2, 0.25) is 5.91 Å². The molecule has 2 heterocycles. The number of β-lactam (4-membered cyclic amide) rings is 1. The highest BCUT2D eigenvalue weighted by Gasteiger charge is 2.38. The van der Waals surface area contributed by atoms with Crippen molar-refractivity contribution in [2.75, 3.05) is 44.9 Å². The number of benzene rings is 2. The Morgan fingerprint density at radius 2 is 1.65 bits per heavy atom. The van der Waals surface area contributed by atoms with Gasteiger partial charge in [-0.3, -0.25) is 9.69 Å². The number of piperazine rings is 1. The third-order valence-corrected chi connectivity index (χ3v) is 5.41. The van der Waals surface area contributed by atoms with E-state index in [0.29, 0.717) is 6.42 Å². The molecule has 136 valence electrons. The molecule has 0 aliphatic carbocycles. The molecule has 5 nitrogen and oxygen atoms in total. The summed E-state index contributed by atoms with van der Waals surface area (Å²) in [5, 5.41) is 0. The molecule has 0 aromatic heterocycles. The number of ether oxygens (including phenoxy) is 1. The number of amides is 1.